The van der Waals surface area contributed by atoms with Crippen molar-refractivity contribution in [3.05, 3.63) is 83.7 Å². The van der Waals surface area contributed by atoms with Gasteiger partial charge < -0.3 is 14.8 Å². The molecule has 0 spiro atoms. The molecule has 0 aromatic heterocycles. The van der Waals surface area contributed by atoms with Crippen LogP contribution in [-0.2, 0) is 0 Å². The van der Waals surface area contributed by atoms with Crippen molar-refractivity contribution >= 4 is 17.3 Å². The molecule has 3 aromatic carbocycles. The number of amides is 1. The number of rotatable bonds is 4. The Labute approximate surface area is 162 Å². The quantitative estimate of drug-likeness (QED) is 0.720. The van der Waals surface area contributed by atoms with Crippen LogP contribution in [0.15, 0.2) is 66.7 Å². The molecule has 0 bridgehead atoms. The molecule has 28 heavy (non-hydrogen) atoms. The van der Waals surface area contributed by atoms with Crippen LogP contribution < -0.4 is 19.7 Å². The van der Waals surface area contributed by atoms with Crippen LogP contribution in [0.25, 0.3) is 0 Å². The third-order valence-electron chi connectivity index (χ3n) is 4.77. The van der Waals surface area contributed by atoms with E-state index < -0.39 is 12.0 Å². The number of nitrogens with one attached hydrogen (secondary N) is 1. The predicted octanol–water partition coefficient (Wildman–Crippen LogP) is 4.61. The van der Waals surface area contributed by atoms with E-state index >= 15 is 0 Å². The minimum atomic E-state index is -0.653. The molecule has 1 heterocycles. The molecule has 1 unspecified atom stereocenters. The first kappa shape index (κ1) is 17.9. The number of hydrogen-bond donors (Lipinski definition) is 1. The van der Waals surface area contributed by atoms with Gasteiger partial charge in [0.15, 0.2) is 0 Å². The van der Waals surface area contributed by atoms with Gasteiger partial charge in [0.05, 0.1) is 25.5 Å². The van der Waals surface area contributed by atoms with E-state index in [1.54, 1.807) is 56.7 Å². The number of fused-ring (bicyclic) bond motifs is 1. The van der Waals surface area contributed by atoms with Gasteiger partial charge in [0, 0.05) is 17.3 Å². The number of methoxy groups -OCH3 is 2. The number of para-hydroxylation sites is 2. The second-order valence-electron chi connectivity index (χ2n) is 6.33. The Balaban J connectivity index is 1.91. The Kier molecular flexibility index (Phi) is 4.61. The van der Waals surface area contributed by atoms with Gasteiger partial charge in [-0.15, -0.1) is 0 Å². The van der Waals surface area contributed by atoms with Gasteiger partial charge in [-0.1, -0.05) is 24.3 Å². The number of nitrogens with zero attached hydrogens (tertiary/aromatic N) is 1. The molecule has 1 aliphatic heterocycles. The Morgan fingerprint density at radius 2 is 1.71 bits per heavy atom. The zero-order valence-corrected chi connectivity index (χ0v) is 15.5. The van der Waals surface area contributed by atoms with Crippen molar-refractivity contribution < 1.29 is 18.7 Å². The highest BCUT2D eigenvalue weighted by Crippen LogP contribution is 2.41. The van der Waals surface area contributed by atoms with Crippen LogP contribution in [0.3, 0.4) is 0 Å². The molecule has 0 fully saturated rings. The fraction of sp³-hybridized carbons (Fsp3) is 0.136. The normalized spacial score (nSPS) is 15.6. The fourth-order valence-electron chi connectivity index (χ4n) is 3.41. The van der Waals surface area contributed by atoms with Crippen molar-refractivity contribution in [1.82, 2.24) is 0 Å². The predicted molar refractivity (Wildman–Crippen MR) is 106 cm³/mol. The number of anilines is 2. The summed E-state index contributed by atoms with van der Waals surface area (Å²) >= 11 is 0. The van der Waals surface area contributed by atoms with E-state index in [0.717, 1.165) is 0 Å². The Hall–Kier alpha value is -3.54. The van der Waals surface area contributed by atoms with Crippen LogP contribution in [0.1, 0.15) is 22.1 Å². The highest BCUT2D eigenvalue weighted by molar-refractivity contribution is 6.12. The smallest absolute Gasteiger partial charge is 0.262 e. The van der Waals surface area contributed by atoms with E-state index in [1.807, 2.05) is 18.2 Å². The molecule has 0 aliphatic carbocycles. The van der Waals surface area contributed by atoms with Crippen molar-refractivity contribution in [3.63, 3.8) is 0 Å². The van der Waals surface area contributed by atoms with Crippen molar-refractivity contribution in [3.8, 4) is 11.5 Å². The monoisotopic (exact) mass is 378 g/mol. The van der Waals surface area contributed by atoms with Crippen LogP contribution in [0, 0.1) is 5.82 Å². The lowest BCUT2D eigenvalue weighted by molar-refractivity contribution is 0.0973. The van der Waals surface area contributed by atoms with Gasteiger partial charge in [0.2, 0.25) is 0 Å². The molecule has 1 N–H and O–H groups in total. The van der Waals surface area contributed by atoms with E-state index in [0.29, 0.717) is 28.3 Å². The molecule has 6 heteroatoms. The number of halogens is 1. The molecule has 0 radical (unpaired) electrons. The Morgan fingerprint density at radius 1 is 0.964 bits per heavy atom. The molecule has 1 aliphatic rings. The fourth-order valence-corrected chi connectivity index (χ4v) is 3.41. The van der Waals surface area contributed by atoms with E-state index in [4.69, 9.17) is 9.47 Å². The average molecular weight is 378 g/mol. The maximum Gasteiger partial charge on any atom is 0.262 e. The van der Waals surface area contributed by atoms with Crippen molar-refractivity contribution in [2.45, 2.75) is 6.17 Å². The molecule has 1 atom stereocenters. The van der Waals surface area contributed by atoms with E-state index in [2.05, 4.69) is 5.32 Å². The maximum atomic E-state index is 14.6. The van der Waals surface area contributed by atoms with Gasteiger partial charge in [0.25, 0.3) is 5.91 Å². The van der Waals surface area contributed by atoms with E-state index in [9.17, 15) is 9.18 Å². The first-order valence-corrected chi connectivity index (χ1v) is 8.79. The molecule has 3 aromatic rings. The summed E-state index contributed by atoms with van der Waals surface area (Å²) in [4.78, 5) is 14.7. The van der Waals surface area contributed by atoms with Crippen LogP contribution in [0.5, 0.6) is 11.5 Å². The standard InChI is InChI=1S/C22H19FN2O3/c1-27-14-11-12-16(20(13-14)28-2)21-24-18-9-5-3-7-15(18)22(26)25(21)19-10-6-4-8-17(19)23/h3-13,21,24H,1-2H3. The second-order valence-corrected chi connectivity index (χ2v) is 6.33. The second kappa shape index (κ2) is 7.23. The summed E-state index contributed by atoms with van der Waals surface area (Å²) in [5.41, 5.74) is 2.05. The SMILES string of the molecule is COc1ccc(C2Nc3ccccc3C(=O)N2c2ccccc2F)c(OC)c1. The maximum absolute atomic E-state index is 14.6. The molecule has 0 saturated carbocycles. The van der Waals surface area contributed by atoms with Crippen LogP contribution in [0.2, 0.25) is 0 Å². The first-order chi connectivity index (χ1) is 13.6. The zero-order valence-electron chi connectivity index (χ0n) is 15.5. The van der Waals surface area contributed by atoms with Gasteiger partial charge in [-0.05, 0) is 36.4 Å². The summed E-state index contributed by atoms with van der Waals surface area (Å²) in [6, 6.07) is 18.7. The molecule has 142 valence electrons. The minimum Gasteiger partial charge on any atom is -0.497 e. The third-order valence-corrected chi connectivity index (χ3v) is 4.77. The summed E-state index contributed by atoms with van der Waals surface area (Å²) in [7, 11) is 3.11. The first-order valence-electron chi connectivity index (χ1n) is 8.79. The van der Waals surface area contributed by atoms with Gasteiger partial charge in [-0.3, -0.25) is 9.69 Å². The lowest BCUT2D eigenvalue weighted by atomic mass is 10.0. The summed E-state index contributed by atoms with van der Waals surface area (Å²) in [5, 5.41) is 3.35. The summed E-state index contributed by atoms with van der Waals surface area (Å²) < 4.78 is 25.4. The topological polar surface area (TPSA) is 50.8 Å². The third kappa shape index (κ3) is 2.93. The zero-order chi connectivity index (χ0) is 19.7. The number of carbonyl (C=O) groups is 1. The molecule has 5 nitrogen and oxygen atoms in total. The molecule has 4 rings (SSSR count). The lowest BCUT2D eigenvalue weighted by Crippen LogP contribution is -2.43. The Morgan fingerprint density at radius 3 is 2.46 bits per heavy atom. The average Bonchev–Trinajstić information content (AvgIpc) is 2.74. The molecule has 1 amide bonds. The minimum absolute atomic E-state index is 0.192. The molecular formula is C22H19FN2O3. The highest BCUT2D eigenvalue weighted by atomic mass is 19.1. The Bertz CT molecular complexity index is 1040. The van der Waals surface area contributed by atoms with Gasteiger partial charge in [0.1, 0.15) is 23.5 Å². The van der Waals surface area contributed by atoms with Gasteiger partial charge in [-0.2, -0.15) is 0 Å². The van der Waals surface area contributed by atoms with Crippen LogP contribution in [-0.4, -0.2) is 20.1 Å². The van der Waals surface area contributed by atoms with Crippen LogP contribution in [0.4, 0.5) is 15.8 Å². The number of benzene rings is 3. The van der Waals surface area contributed by atoms with Crippen molar-refractivity contribution in [2.24, 2.45) is 0 Å². The number of ether oxygens (including phenoxy) is 2. The summed E-state index contributed by atoms with van der Waals surface area (Å²) in [6.45, 7) is 0. The van der Waals surface area contributed by atoms with Gasteiger partial charge >= 0.3 is 0 Å². The lowest BCUT2D eigenvalue weighted by Gasteiger charge is -2.38. The number of carbonyl (C=O) groups excluding carboxylic acids is 1. The number of hydrogen-bond acceptors (Lipinski definition) is 4. The van der Waals surface area contributed by atoms with Crippen molar-refractivity contribution in [1.29, 1.82) is 0 Å². The molecule has 0 saturated heterocycles. The summed E-state index contributed by atoms with van der Waals surface area (Å²) in [5.74, 6) is 0.391. The van der Waals surface area contributed by atoms with E-state index in [-0.39, 0.29) is 11.6 Å². The summed E-state index contributed by atoms with van der Waals surface area (Å²) in [6.07, 6.45) is -0.653. The van der Waals surface area contributed by atoms with Crippen LogP contribution >= 0.6 is 0 Å². The largest absolute Gasteiger partial charge is 0.497 e. The van der Waals surface area contributed by atoms with E-state index in [1.165, 1.54) is 11.0 Å². The molecular weight excluding hydrogens is 359 g/mol. The van der Waals surface area contributed by atoms with Crippen molar-refractivity contribution in [2.75, 3.05) is 24.4 Å². The van der Waals surface area contributed by atoms with Gasteiger partial charge in [-0.25, -0.2) is 4.39 Å². The highest BCUT2D eigenvalue weighted by Gasteiger charge is 2.36.